The number of piperidine rings is 1. The van der Waals surface area contributed by atoms with Gasteiger partial charge in [0.2, 0.25) is 0 Å². The number of hydrogen-bond donors (Lipinski definition) is 2. The van der Waals surface area contributed by atoms with E-state index in [0.717, 1.165) is 77.4 Å². The molecular weight excluding hydrogens is 400 g/mol. The lowest BCUT2D eigenvalue weighted by Gasteiger charge is -2.47. The summed E-state index contributed by atoms with van der Waals surface area (Å²) < 4.78 is 6.30. The summed E-state index contributed by atoms with van der Waals surface area (Å²) in [6, 6.07) is 11.5. The summed E-state index contributed by atoms with van der Waals surface area (Å²) in [5.74, 6) is 0.838. The van der Waals surface area contributed by atoms with E-state index >= 15 is 0 Å². The fraction of sp³-hybridized carbons (Fsp3) is 0.741. The topological polar surface area (TPSA) is 61.8 Å². The number of aliphatic carboxylic acids is 1. The Morgan fingerprint density at radius 1 is 1.09 bits per heavy atom. The maximum Gasteiger partial charge on any atom is 0.310 e. The van der Waals surface area contributed by atoms with Crippen molar-refractivity contribution in [1.29, 1.82) is 0 Å². The summed E-state index contributed by atoms with van der Waals surface area (Å²) in [5.41, 5.74) is 1.16. The summed E-state index contributed by atoms with van der Waals surface area (Å²) in [4.78, 5) is 14.2. The van der Waals surface area contributed by atoms with Gasteiger partial charge in [0.15, 0.2) is 0 Å². The monoisotopic (exact) mass is 440 g/mol. The molecule has 4 aliphatic rings. The number of rotatable bonds is 11. The second-order valence-corrected chi connectivity index (χ2v) is 11.3. The molecule has 0 spiro atoms. The van der Waals surface area contributed by atoms with Crippen LogP contribution in [0.4, 0.5) is 0 Å². The van der Waals surface area contributed by atoms with Gasteiger partial charge in [0.25, 0.3) is 0 Å². The average Bonchev–Trinajstić information content (AvgIpc) is 3.53. The first-order valence-corrected chi connectivity index (χ1v) is 12.9. The molecule has 1 saturated heterocycles. The SMILES string of the molecule is O=C(O)C1(CN2CCC(CN[C@@H]3C[C@@H]3c3ccccc3)(COCC3CCC3)CC2)CCC1. The summed E-state index contributed by atoms with van der Waals surface area (Å²) in [7, 11) is 0. The van der Waals surface area contributed by atoms with Gasteiger partial charge in [-0.2, -0.15) is 0 Å². The van der Waals surface area contributed by atoms with Crippen LogP contribution in [0.1, 0.15) is 69.3 Å². The van der Waals surface area contributed by atoms with Crippen LogP contribution >= 0.6 is 0 Å². The molecule has 3 aliphatic carbocycles. The molecule has 176 valence electrons. The van der Waals surface area contributed by atoms with Crippen LogP contribution < -0.4 is 5.32 Å². The van der Waals surface area contributed by atoms with Gasteiger partial charge in [-0.05, 0) is 69.5 Å². The van der Waals surface area contributed by atoms with Crippen molar-refractivity contribution in [3.63, 3.8) is 0 Å². The second kappa shape index (κ2) is 9.44. The number of nitrogens with one attached hydrogen (secondary N) is 1. The maximum absolute atomic E-state index is 11.8. The molecule has 0 unspecified atom stereocenters. The van der Waals surface area contributed by atoms with Crippen molar-refractivity contribution in [1.82, 2.24) is 10.2 Å². The van der Waals surface area contributed by atoms with Crippen molar-refractivity contribution < 1.29 is 14.6 Å². The quantitative estimate of drug-likeness (QED) is 0.538. The van der Waals surface area contributed by atoms with Gasteiger partial charge >= 0.3 is 5.97 Å². The molecule has 0 radical (unpaired) electrons. The third-order valence-corrected chi connectivity index (χ3v) is 8.95. The fourth-order valence-corrected chi connectivity index (χ4v) is 5.97. The van der Waals surface area contributed by atoms with Crippen molar-refractivity contribution in [3.05, 3.63) is 35.9 Å². The summed E-state index contributed by atoms with van der Waals surface area (Å²) in [6.45, 7) is 5.50. The number of carboxylic acid groups (broad SMARTS) is 1. The minimum atomic E-state index is -0.591. The Labute approximate surface area is 192 Å². The van der Waals surface area contributed by atoms with Gasteiger partial charge in [-0.25, -0.2) is 0 Å². The van der Waals surface area contributed by atoms with Crippen molar-refractivity contribution >= 4 is 5.97 Å². The van der Waals surface area contributed by atoms with E-state index in [4.69, 9.17) is 4.74 Å². The van der Waals surface area contributed by atoms with Gasteiger partial charge in [-0.15, -0.1) is 0 Å². The van der Waals surface area contributed by atoms with E-state index in [1.54, 1.807) is 0 Å². The number of nitrogens with zero attached hydrogens (tertiary/aromatic N) is 1. The van der Waals surface area contributed by atoms with E-state index in [0.29, 0.717) is 12.0 Å². The molecule has 32 heavy (non-hydrogen) atoms. The predicted octanol–water partition coefficient (Wildman–Crippen LogP) is 4.29. The zero-order chi connectivity index (χ0) is 22.0. The largest absolute Gasteiger partial charge is 0.481 e. The van der Waals surface area contributed by atoms with Crippen LogP contribution in [0.3, 0.4) is 0 Å². The van der Waals surface area contributed by atoms with Gasteiger partial charge < -0.3 is 20.1 Å². The molecule has 4 fully saturated rings. The van der Waals surface area contributed by atoms with Crippen molar-refractivity contribution in [2.45, 2.75) is 69.7 Å². The smallest absolute Gasteiger partial charge is 0.310 e. The lowest BCUT2D eigenvalue weighted by atomic mass is 9.68. The van der Waals surface area contributed by atoms with Crippen molar-refractivity contribution in [3.8, 4) is 0 Å². The first kappa shape index (κ1) is 22.4. The van der Waals surface area contributed by atoms with Gasteiger partial charge in [-0.3, -0.25) is 4.79 Å². The standard InChI is InChI=1S/C27H40N2O3/c30-25(31)27(10-5-11-27)19-29-14-12-26(13-15-29,20-32-17-21-6-4-7-21)18-28-24-16-23(24)22-8-2-1-3-9-22/h1-3,8-9,21,23-24,28H,4-7,10-20H2,(H,30,31)/t23-,24-/m1/s1. The summed E-state index contributed by atoms with van der Waals surface area (Å²) in [6.07, 6.45) is 10.2. The van der Waals surface area contributed by atoms with Crippen LogP contribution in [0.25, 0.3) is 0 Å². The minimum absolute atomic E-state index is 0.181. The van der Waals surface area contributed by atoms with Crippen molar-refractivity contribution in [2.75, 3.05) is 39.4 Å². The lowest BCUT2D eigenvalue weighted by Crippen LogP contribution is -2.53. The Balaban J connectivity index is 1.15. The molecule has 5 nitrogen and oxygen atoms in total. The molecule has 3 saturated carbocycles. The number of benzene rings is 1. The highest BCUT2D eigenvalue weighted by molar-refractivity contribution is 5.76. The normalized spacial score (nSPS) is 29.1. The van der Waals surface area contributed by atoms with Gasteiger partial charge in [-0.1, -0.05) is 43.2 Å². The number of carboxylic acids is 1. The van der Waals surface area contributed by atoms with E-state index in [9.17, 15) is 9.90 Å². The second-order valence-electron chi connectivity index (χ2n) is 11.3. The first-order chi connectivity index (χ1) is 15.6. The molecule has 5 rings (SSSR count). The van der Waals surface area contributed by atoms with E-state index in [-0.39, 0.29) is 5.41 Å². The third-order valence-electron chi connectivity index (χ3n) is 8.95. The number of likely N-dealkylation sites (tertiary alicyclic amines) is 1. The highest BCUT2D eigenvalue weighted by Gasteiger charge is 2.47. The zero-order valence-electron chi connectivity index (χ0n) is 19.4. The van der Waals surface area contributed by atoms with Crippen LogP contribution in [-0.4, -0.2) is 61.4 Å². The highest BCUT2D eigenvalue weighted by atomic mass is 16.5. The Kier molecular flexibility index (Phi) is 6.60. The molecular formula is C27H40N2O3. The third kappa shape index (κ3) is 4.90. The van der Waals surface area contributed by atoms with Gasteiger partial charge in [0, 0.05) is 37.1 Å². The summed E-state index contributed by atoms with van der Waals surface area (Å²) >= 11 is 0. The molecule has 1 aromatic carbocycles. The van der Waals surface area contributed by atoms with Gasteiger partial charge in [0.05, 0.1) is 12.0 Å². The van der Waals surface area contributed by atoms with E-state index in [1.807, 2.05) is 0 Å². The average molecular weight is 441 g/mol. The molecule has 2 N–H and O–H groups in total. The molecule has 2 atom stereocenters. The number of carbonyl (C=O) groups is 1. The number of hydrogen-bond acceptors (Lipinski definition) is 4. The lowest BCUT2D eigenvalue weighted by molar-refractivity contribution is -0.157. The Morgan fingerprint density at radius 3 is 2.44 bits per heavy atom. The molecule has 1 heterocycles. The molecule has 5 heteroatoms. The molecule has 0 aromatic heterocycles. The van der Waals surface area contributed by atoms with Crippen LogP contribution in [0.2, 0.25) is 0 Å². The molecule has 1 aromatic rings. The zero-order valence-corrected chi connectivity index (χ0v) is 19.4. The Hall–Kier alpha value is -1.43. The van der Waals surface area contributed by atoms with E-state index in [1.165, 1.54) is 31.2 Å². The fourth-order valence-electron chi connectivity index (χ4n) is 5.97. The van der Waals surface area contributed by atoms with Crippen LogP contribution in [0, 0.1) is 16.7 Å². The number of ether oxygens (including phenoxy) is 1. The predicted molar refractivity (Wildman–Crippen MR) is 126 cm³/mol. The van der Waals surface area contributed by atoms with E-state index in [2.05, 4.69) is 40.5 Å². The van der Waals surface area contributed by atoms with Crippen LogP contribution in [0.5, 0.6) is 0 Å². The molecule has 0 amide bonds. The minimum Gasteiger partial charge on any atom is -0.481 e. The maximum atomic E-state index is 11.8. The Bertz CT molecular complexity index is 766. The van der Waals surface area contributed by atoms with Crippen LogP contribution in [0.15, 0.2) is 30.3 Å². The molecule has 0 bridgehead atoms. The first-order valence-electron chi connectivity index (χ1n) is 12.9. The van der Waals surface area contributed by atoms with E-state index < -0.39 is 11.4 Å². The highest BCUT2D eigenvalue weighted by Crippen LogP contribution is 2.44. The van der Waals surface area contributed by atoms with Crippen molar-refractivity contribution in [2.24, 2.45) is 16.7 Å². The molecule has 1 aliphatic heterocycles. The Morgan fingerprint density at radius 2 is 1.84 bits per heavy atom. The van der Waals surface area contributed by atoms with Crippen LogP contribution in [-0.2, 0) is 9.53 Å². The van der Waals surface area contributed by atoms with Gasteiger partial charge in [0.1, 0.15) is 0 Å². The summed E-state index contributed by atoms with van der Waals surface area (Å²) in [5, 5.41) is 13.6.